The van der Waals surface area contributed by atoms with E-state index in [1.165, 1.54) is 0 Å². The molecule has 1 aliphatic carbocycles. The Balaban J connectivity index is 1.95. The van der Waals surface area contributed by atoms with Crippen LogP contribution in [0.15, 0.2) is 38.0 Å². The van der Waals surface area contributed by atoms with E-state index < -0.39 is 0 Å². The van der Waals surface area contributed by atoms with Crippen LogP contribution in [-0.4, -0.2) is 9.97 Å². The molecule has 19 heavy (non-hydrogen) atoms. The van der Waals surface area contributed by atoms with Gasteiger partial charge in [-0.3, -0.25) is 4.79 Å². The molecule has 0 spiro atoms. The smallest absolute Gasteiger partial charge is 0.265 e. The molecule has 98 valence electrons. The van der Waals surface area contributed by atoms with Crippen molar-refractivity contribution in [2.75, 3.05) is 0 Å². The predicted molar refractivity (Wildman–Crippen MR) is 81.5 cm³/mol. The zero-order valence-corrected chi connectivity index (χ0v) is 13.3. The van der Waals surface area contributed by atoms with E-state index in [4.69, 9.17) is 0 Å². The van der Waals surface area contributed by atoms with Gasteiger partial charge in [-0.1, -0.05) is 28.1 Å². The molecule has 0 aliphatic heterocycles. The first-order chi connectivity index (χ1) is 9.13. The number of rotatable bonds is 3. The van der Waals surface area contributed by atoms with Gasteiger partial charge in [0.05, 0.1) is 5.69 Å². The van der Waals surface area contributed by atoms with Gasteiger partial charge < -0.3 is 4.98 Å². The lowest BCUT2D eigenvalue weighted by Gasteiger charge is -2.06. The van der Waals surface area contributed by atoms with Gasteiger partial charge in [0.2, 0.25) is 0 Å². The summed E-state index contributed by atoms with van der Waals surface area (Å²) in [7, 11) is 0. The van der Waals surface area contributed by atoms with E-state index in [-0.39, 0.29) is 5.56 Å². The third-order valence-electron chi connectivity index (χ3n) is 3.16. The van der Waals surface area contributed by atoms with E-state index in [0.29, 0.717) is 16.8 Å². The second-order valence-corrected chi connectivity index (χ2v) is 6.50. The Morgan fingerprint density at radius 2 is 2.11 bits per heavy atom. The van der Waals surface area contributed by atoms with Crippen LogP contribution in [0.2, 0.25) is 0 Å². The number of nitrogens with one attached hydrogen (secondary N) is 1. The zero-order chi connectivity index (χ0) is 13.4. The fourth-order valence-corrected chi connectivity index (χ4v) is 3.03. The summed E-state index contributed by atoms with van der Waals surface area (Å²) in [5.41, 5.74) is 1.96. The summed E-state index contributed by atoms with van der Waals surface area (Å²) in [6, 6.07) is 8.04. The zero-order valence-electron chi connectivity index (χ0n) is 10.1. The second-order valence-electron chi connectivity index (χ2n) is 4.79. The Labute approximate surface area is 127 Å². The van der Waals surface area contributed by atoms with Gasteiger partial charge in [-0.15, -0.1) is 0 Å². The molecule has 0 radical (unpaired) electrons. The summed E-state index contributed by atoms with van der Waals surface area (Å²) in [5.74, 6) is 1.19. The summed E-state index contributed by atoms with van der Waals surface area (Å²) in [6.07, 6.45) is 2.90. The number of benzene rings is 1. The Morgan fingerprint density at radius 1 is 1.32 bits per heavy atom. The summed E-state index contributed by atoms with van der Waals surface area (Å²) in [5, 5.41) is 0. The molecular weight excluding hydrogens is 372 g/mol. The molecule has 1 aromatic heterocycles. The maximum absolute atomic E-state index is 11.9. The number of aromatic amines is 1. The van der Waals surface area contributed by atoms with Crippen molar-refractivity contribution < 1.29 is 0 Å². The highest BCUT2D eigenvalue weighted by atomic mass is 79.9. The molecule has 0 amide bonds. The largest absolute Gasteiger partial charge is 0.309 e. The lowest BCUT2D eigenvalue weighted by molar-refractivity contribution is 0.870. The average Bonchev–Trinajstić information content (AvgIpc) is 3.18. The fraction of sp³-hybridized carbons (Fsp3) is 0.286. The summed E-state index contributed by atoms with van der Waals surface area (Å²) in [4.78, 5) is 19.3. The minimum absolute atomic E-state index is 0.0816. The number of aromatic nitrogens is 2. The van der Waals surface area contributed by atoms with Crippen molar-refractivity contribution in [2.24, 2.45) is 0 Å². The van der Waals surface area contributed by atoms with Crippen molar-refractivity contribution in [3.8, 4) is 0 Å². The summed E-state index contributed by atoms with van der Waals surface area (Å²) < 4.78 is 1.62. The normalized spacial score (nSPS) is 14.6. The first-order valence-corrected chi connectivity index (χ1v) is 7.75. The Bertz CT molecular complexity index is 677. The Kier molecular flexibility index (Phi) is 3.58. The lowest BCUT2D eigenvalue weighted by Crippen LogP contribution is -2.15. The maximum Gasteiger partial charge on any atom is 0.265 e. The highest BCUT2D eigenvalue weighted by Crippen LogP contribution is 2.41. The van der Waals surface area contributed by atoms with Gasteiger partial charge >= 0.3 is 0 Å². The minimum atomic E-state index is -0.0816. The van der Waals surface area contributed by atoms with Crippen molar-refractivity contribution in [3.05, 3.63) is 60.6 Å². The molecule has 1 heterocycles. The van der Waals surface area contributed by atoms with Gasteiger partial charge in [-0.05, 0) is 46.5 Å². The van der Waals surface area contributed by atoms with E-state index in [2.05, 4.69) is 41.8 Å². The van der Waals surface area contributed by atoms with Crippen LogP contribution in [0.4, 0.5) is 0 Å². The van der Waals surface area contributed by atoms with Gasteiger partial charge in [0, 0.05) is 16.8 Å². The molecule has 5 heteroatoms. The van der Waals surface area contributed by atoms with Crippen molar-refractivity contribution in [1.82, 2.24) is 9.97 Å². The monoisotopic (exact) mass is 382 g/mol. The number of hydrogen-bond donors (Lipinski definition) is 1. The molecular formula is C14H12Br2N2O. The second kappa shape index (κ2) is 5.21. The van der Waals surface area contributed by atoms with Crippen LogP contribution in [0.1, 0.15) is 35.8 Å². The Morgan fingerprint density at radius 3 is 2.79 bits per heavy atom. The van der Waals surface area contributed by atoms with Crippen LogP contribution in [0.5, 0.6) is 0 Å². The van der Waals surface area contributed by atoms with Gasteiger partial charge in [0.25, 0.3) is 5.56 Å². The van der Waals surface area contributed by atoms with E-state index in [9.17, 15) is 4.79 Å². The van der Waals surface area contributed by atoms with Gasteiger partial charge in [-0.2, -0.15) is 0 Å². The molecule has 0 atom stereocenters. The van der Waals surface area contributed by atoms with Crippen LogP contribution in [0, 0.1) is 0 Å². The molecule has 0 unspecified atom stereocenters. The van der Waals surface area contributed by atoms with Crippen LogP contribution in [0.3, 0.4) is 0 Å². The van der Waals surface area contributed by atoms with Crippen molar-refractivity contribution >= 4 is 31.9 Å². The van der Waals surface area contributed by atoms with Crippen LogP contribution >= 0.6 is 31.9 Å². The molecule has 3 rings (SSSR count). The van der Waals surface area contributed by atoms with Gasteiger partial charge in [0.15, 0.2) is 0 Å². The van der Waals surface area contributed by atoms with Crippen molar-refractivity contribution in [1.29, 1.82) is 0 Å². The molecule has 1 saturated carbocycles. The number of H-pyrrole nitrogens is 1. The Hall–Kier alpha value is -0.940. The first-order valence-electron chi connectivity index (χ1n) is 6.16. The first kappa shape index (κ1) is 13.1. The number of halogens is 2. The molecule has 1 aliphatic rings. The summed E-state index contributed by atoms with van der Waals surface area (Å²) in [6.45, 7) is 0. The van der Waals surface area contributed by atoms with E-state index in [1.54, 1.807) is 0 Å². The standard InChI is InChI=1S/C14H12Br2N2O/c15-10-3-1-2-8(6-10)7-11-17-13(9-4-5-9)12(16)14(19)18-11/h1-3,6,9H,4-5,7H2,(H,17,18,19). The van der Waals surface area contributed by atoms with Crippen molar-refractivity contribution in [2.45, 2.75) is 25.2 Å². The predicted octanol–water partition coefficient (Wildman–Crippen LogP) is 3.76. The van der Waals surface area contributed by atoms with Crippen LogP contribution in [0.25, 0.3) is 0 Å². The molecule has 1 aromatic carbocycles. The highest BCUT2D eigenvalue weighted by Gasteiger charge is 2.28. The van der Waals surface area contributed by atoms with Gasteiger partial charge in [-0.25, -0.2) is 4.98 Å². The molecule has 2 aromatic rings. The highest BCUT2D eigenvalue weighted by molar-refractivity contribution is 9.10. The summed E-state index contributed by atoms with van der Waals surface area (Å²) >= 11 is 6.79. The van der Waals surface area contributed by atoms with Crippen LogP contribution in [-0.2, 0) is 6.42 Å². The third-order valence-corrected chi connectivity index (χ3v) is 4.42. The van der Waals surface area contributed by atoms with Gasteiger partial charge in [0.1, 0.15) is 10.3 Å². The molecule has 1 fully saturated rings. The van der Waals surface area contributed by atoms with Crippen LogP contribution < -0.4 is 5.56 Å². The SMILES string of the molecule is O=c1[nH]c(Cc2cccc(Br)c2)nc(C2CC2)c1Br. The quantitative estimate of drug-likeness (QED) is 0.876. The topological polar surface area (TPSA) is 45.8 Å². The number of nitrogens with zero attached hydrogens (tertiary/aromatic N) is 1. The molecule has 0 saturated heterocycles. The van der Waals surface area contributed by atoms with Crippen molar-refractivity contribution in [3.63, 3.8) is 0 Å². The average molecular weight is 384 g/mol. The molecule has 3 nitrogen and oxygen atoms in total. The number of hydrogen-bond acceptors (Lipinski definition) is 2. The van der Waals surface area contributed by atoms with E-state index in [0.717, 1.165) is 34.4 Å². The molecule has 1 N–H and O–H groups in total. The minimum Gasteiger partial charge on any atom is -0.309 e. The molecule has 0 bridgehead atoms. The lowest BCUT2D eigenvalue weighted by atomic mass is 10.1. The third kappa shape index (κ3) is 2.98. The van der Waals surface area contributed by atoms with E-state index >= 15 is 0 Å². The maximum atomic E-state index is 11.9. The van der Waals surface area contributed by atoms with E-state index in [1.807, 2.05) is 24.3 Å². The fourth-order valence-electron chi connectivity index (χ4n) is 2.08.